The van der Waals surface area contributed by atoms with E-state index >= 15 is 0 Å². The fourth-order valence-electron chi connectivity index (χ4n) is 3.96. The third kappa shape index (κ3) is 2.75. The molecule has 1 amide bonds. The third-order valence-electron chi connectivity index (χ3n) is 5.09. The van der Waals surface area contributed by atoms with Crippen LogP contribution in [-0.4, -0.2) is 34.5 Å². The van der Waals surface area contributed by atoms with Crippen LogP contribution in [0.2, 0.25) is 0 Å². The van der Waals surface area contributed by atoms with Crippen LogP contribution in [0.5, 0.6) is 5.75 Å². The highest BCUT2D eigenvalue weighted by Gasteiger charge is 2.48. The van der Waals surface area contributed by atoms with Gasteiger partial charge in [-0.1, -0.05) is 6.07 Å². The van der Waals surface area contributed by atoms with E-state index < -0.39 is 0 Å². The van der Waals surface area contributed by atoms with E-state index in [0.29, 0.717) is 24.0 Å². The molecule has 1 saturated carbocycles. The van der Waals surface area contributed by atoms with Gasteiger partial charge in [-0.2, -0.15) is 0 Å². The molecule has 2 heterocycles. The molecule has 2 aliphatic rings. The Morgan fingerprint density at radius 3 is 2.79 bits per heavy atom. The smallest absolute Gasteiger partial charge is 0.273 e. The van der Waals surface area contributed by atoms with Crippen LogP contribution in [0.25, 0.3) is 0 Å². The molecule has 1 aliphatic heterocycles. The molecule has 24 heavy (non-hydrogen) atoms. The fraction of sp³-hybridized carbons (Fsp3) is 0.368. The second-order valence-corrected chi connectivity index (χ2v) is 6.49. The van der Waals surface area contributed by atoms with Gasteiger partial charge in [-0.25, -0.2) is 4.39 Å². The second-order valence-electron chi connectivity index (χ2n) is 6.49. The summed E-state index contributed by atoms with van der Waals surface area (Å²) < 4.78 is 18.8. The van der Waals surface area contributed by atoms with E-state index in [4.69, 9.17) is 4.74 Å². The minimum Gasteiger partial charge on any atom is -0.491 e. The number of hydrogen-bond acceptors (Lipinski definition) is 3. The largest absolute Gasteiger partial charge is 0.491 e. The van der Waals surface area contributed by atoms with Gasteiger partial charge in [0.25, 0.3) is 5.91 Å². The van der Waals surface area contributed by atoms with Gasteiger partial charge in [0.2, 0.25) is 0 Å². The minimum atomic E-state index is -0.283. The highest BCUT2D eigenvalue weighted by molar-refractivity contribution is 5.93. The number of nitrogens with zero attached hydrogens (tertiary/aromatic N) is 2. The molecule has 1 saturated heterocycles. The van der Waals surface area contributed by atoms with E-state index in [2.05, 4.69) is 4.98 Å². The number of hydrogen-bond donors (Lipinski definition) is 0. The Morgan fingerprint density at radius 2 is 2.04 bits per heavy atom. The summed E-state index contributed by atoms with van der Waals surface area (Å²) in [6.07, 6.45) is 4.87. The predicted octanol–water partition coefficient (Wildman–Crippen LogP) is 3.29. The Balaban J connectivity index is 1.50. The van der Waals surface area contributed by atoms with E-state index in [1.165, 1.54) is 12.1 Å². The van der Waals surface area contributed by atoms with Gasteiger partial charge < -0.3 is 9.64 Å². The van der Waals surface area contributed by atoms with Gasteiger partial charge in [0.15, 0.2) is 0 Å². The summed E-state index contributed by atoms with van der Waals surface area (Å²) in [4.78, 5) is 19.0. The molecule has 3 atom stereocenters. The van der Waals surface area contributed by atoms with Crippen LogP contribution in [0.15, 0.2) is 48.7 Å². The Kier molecular flexibility index (Phi) is 3.92. The minimum absolute atomic E-state index is 0.0180. The number of rotatable bonds is 4. The maximum Gasteiger partial charge on any atom is 0.273 e. The Bertz CT molecular complexity index is 720. The van der Waals surface area contributed by atoms with E-state index in [1.807, 2.05) is 17.0 Å². The van der Waals surface area contributed by atoms with Gasteiger partial charge in [0.05, 0.1) is 6.04 Å². The molecule has 2 fully saturated rings. The van der Waals surface area contributed by atoms with Gasteiger partial charge in [0.1, 0.15) is 23.9 Å². The monoisotopic (exact) mass is 326 g/mol. The highest BCUT2D eigenvalue weighted by Crippen LogP contribution is 2.43. The van der Waals surface area contributed by atoms with Crippen LogP contribution in [0.3, 0.4) is 0 Å². The molecule has 4 rings (SSSR count). The number of carbonyl (C=O) groups excluding carboxylic acids is 1. The van der Waals surface area contributed by atoms with E-state index in [1.54, 1.807) is 24.4 Å². The summed E-state index contributed by atoms with van der Waals surface area (Å²) in [5.41, 5.74) is 0.483. The topological polar surface area (TPSA) is 42.4 Å². The lowest BCUT2D eigenvalue weighted by molar-refractivity contribution is 0.0500. The Labute approximate surface area is 140 Å². The zero-order valence-corrected chi connectivity index (χ0v) is 13.3. The first-order chi connectivity index (χ1) is 11.7. The lowest BCUT2D eigenvalue weighted by atomic mass is 9.99. The second kappa shape index (κ2) is 6.23. The quantitative estimate of drug-likeness (QED) is 0.866. The van der Waals surface area contributed by atoms with Crippen molar-refractivity contribution in [3.05, 3.63) is 60.2 Å². The molecule has 0 radical (unpaired) electrons. The standard InChI is InChI=1S/C19H19FN2O2/c20-14-5-8-16(9-6-14)24-12-18-13-4-7-15(11-13)22(18)19(23)17-3-1-2-10-21-17/h1-3,5-6,8-10,13,15,18H,4,7,11-12H2/t13-,15-,18+/m0/s1. The first-order valence-electron chi connectivity index (χ1n) is 8.34. The van der Waals surface area contributed by atoms with Crippen LogP contribution >= 0.6 is 0 Å². The van der Waals surface area contributed by atoms with Gasteiger partial charge in [-0.05, 0) is 61.6 Å². The molecule has 0 unspecified atom stereocenters. The number of likely N-dealkylation sites (tertiary alicyclic amines) is 1. The van der Waals surface area contributed by atoms with Gasteiger partial charge in [-0.15, -0.1) is 0 Å². The third-order valence-corrected chi connectivity index (χ3v) is 5.09. The van der Waals surface area contributed by atoms with Crippen LogP contribution in [-0.2, 0) is 0 Å². The lowest BCUT2D eigenvalue weighted by Crippen LogP contribution is -2.48. The average Bonchev–Trinajstić information content (AvgIpc) is 3.23. The van der Waals surface area contributed by atoms with Crippen LogP contribution < -0.4 is 4.74 Å². The zero-order valence-electron chi connectivity index (χ0n) is 13.3. The van der Waals surface area contributed by atoms with Gasteiger partial charge in [-0.3, -0.25) is 9.78 Å². The fourth-order valence-corrected chi connectivity index (χ4v) is 3.96. The van der Waals surface area contributed by atoms with Crippen LogP contribution in [0.1, 0.15) is 29.8 Å². The number of piperidine rings is 1. The average molecular weight is 326 g/mol. The summed E-state index contributed by atoms with van der Waals surface area (Å²) in [6.45, 7) is 0.436. The van der Waals surface area contributed by atoms with Crippen molar-refractivity contribution < 1.29 is 13.9 Å². The summed E-state index contributed by atoms with van der Waals surface area (Å²) in [5, 5.41) is 0. The van der Waals surface area contributed by atoms with Crippen molar-refractivity contribution >= 4 is 5.91 Å². The predicted molar refractivity (Wildman–Crippen MR) is 87.2 cm³/mol. The molecular weight excluding hydrogens is 307 g/mol. The first kappa shape index (κ1) is 15.1. The normalized spacial score (nSPS) is 25.0. The number of benzene rings is 1. The molecule has 2 bridgehead atoms. The molecule has 1 aliphatic carbocycles. The van der Waals surface area contributed by atoms with Gasteiger partial charge in [0, 0.05) is 12.2 Å². The number of pyridine rings is 1. The summed E-state index contributed by atoms with van der Waals surface area (Å²) in [6, 6.07) is 11.7. The molecule has 2 aromatic rings. The van der Waals surface area contributed by atoms with Crippen molar-refractivity contribution in [2.24, 2.45) is 5.92 Å². The summed E-state index contributed by atoms with van der Waals surface area (Å²) in [5.74, 6) is 0.803. The molecular formula is C19H19FN2O2. The summed E-state index contributed by atoms with van der Waals surface area (Å²) in [7, 11) is 0. The lowest BCUT2D eigenvalue weighted by Gasteiger charge is -2.35. The SMILES string of the molecule is O=C(c1ccccn1)N1[C@H]2CC[C@@H](C2)[C@H]1COc1ccc(F)cc1. The molecule has 5 heteroatoms. The van der Waals surface area contributed by atoms with E-state index in [9.17, 15) is 9.18 Å². The van der Waals surface area contributed by atoms with Crippen molar-refractivity contribution in [2.45, 2.75) is 31.3 Å². The zero-order chi connectivity index (χ0) is 16.5. The van der Waals surface area contributed by atoms with Gasteiger partial charge >= 0.3 is 0 Å². The van der Waals surface area contributed by atoms with Crippen LogP contribution in [0.4, 0.5) is 4.39 Å². The molecule has 4 nitrogen and oxygen atoms in total. The molecule has 124 valence electrons. The van der Waals surface area contributed by atoms with Crippen molar-refractivity contribution in [1.29, 1.82) is 0 Å². The van der Waals surface area contributed by atoms with Crippen molar-refractivity contribution in [1.82, 2.24) is 9.88 Å². The Morgan fingerprint density at radius 1 is 1.21 bits per heavy atom. The number of fused-ring (bicyclic) bond motifs is 2. The molecule has 0 spiro atoms. The molecule has 1 aromatic carbocycles. The van der Waals surface area contributed by atoms with Crippen molar-refractivity contribution in [2.75, 3.05) is 6.61 Å². The number of amides is 1. The molecule has 1 aromatic heterocycles. The highest BCUT2D eigenvalue weighted by atomic mass is 19.1. The maximum atomic E-state index is 13.0. The first-order valence-corrected chi connectivity index (χ1v) is 8.34. The van der Waals surface area contributed by atoms with Crippen molar-refractivity contribution in [3.8, 4) is 5.75 Å². The Hall–Kier alpha value is -2.43. The van der Waals surface area contributed by atoms with Crippen LogP contribution in [0, 0.1) is 11.7 Å². The van der Waals surface area contributed by atoms with Crippen molar-refractivity contribution in [3.63, 3.8) is 0 Å². The maximum absolute atomic E-state index is 13.0. The molecule has 0 N–H and O–H groups in total. The summed E-state index contributed by atoms with van der Waals surface area (Å²) >= 11 is 0. The number of ether oxygens (including phenoxy) is 1. The van der Waals surface area contributed by atoms with E-state index in [-0.39, 0.29) is 23.8 Å². The number of aromatic nitrogens is 1. The number of halogens is 1. The van der Waals surface area contributed by atoms with E-state index in [0.717, 1.165) is 19.3 Å². The number of carbonyl (C=O) groups is 1.